The highest BCUT2D eigenvalue weighted by Gasteiger charge is 2.11. The second-order valence-corrected chi connectivity index (χ2v) is 6.21. The molecule has 0 amide bonds. The predicted molar refractivity (Wildman–Crippen MR) is 109 cm³/mol. The fourth-order valence-corrected chi connectivity index (χ4v) is 3.07. The number of hydrogen-bond donors (Lipinski definition) is 0. The van der Waals surface area contributed by atoms with Gasteiger partial charge in [0.05, 0.1) is 16.6 Å². The van der Waals surface area contributed by atoms with Gasteiger partial charge in [-0.25, -0.2) is 4.98 Å². The number of para-hydroxylation sites is 3. The molecule has 4 aromatic rings. The van der Waals surface area contributed by atoms with Crippen LogP contribution in [0.5, 0.6) is 5.75 Å². The van der Waals surface area contributed by atoms with Gasteiger partial charge >= 0.3 is 6.61 Å². The normalized spacial score (nSPS) is 11.4. The van der Waals surface area contributed by atoms with E-state index in [-0.39, 0.29) is 11.3 Å². The first-order valence-electron chi connectivity index (χ1n) is 8.92. The molecule has 0 spiro atoms. The highest BCUT2D eigenvalue weighted by molar-refractivity contribution is 5.80. The van der Waals surface area contributed by atoms with Crippen molar-refractivity contribution in [3.63, 3.8) is 0 Å². The molecule has 0 radical (unpaired) electrons. The predicted octanol–water partition coefficient (Wildman–Crippen LogP) is 5.16. The Balaban J connectivity index is 1.88. The number of alkyl halides is 2. The molecule has 0 aliphatic heterocycles. The molecule has 0 saturated heterocycles. The molecule has 144 valence electrons. The summed E-state index contributed by atoms with van der Waals surface area (Å²) in [4.78, 5) is 17.7. The summed E-state index contributed by atoms with van der Waals surface area (Å²) in [5, 5.41) is 0.495. The zero-order valence-corrected chi connectivity index (χ0v) is 15.2. The SMILES string of the molecule is O=c1c2ccccc2nc(/C=C/c2ccccc2OC(F)F)n1-c1ccccc1. The fourth-order valence-electron chi connectivity index (χ4n) is 3.07. The summed E-state index contributed by atoms with van der Waals surface area (Å²) in [5.41, 5.74) is 1.46. The third-order valence-electron chi connectivity index (χ3n) is 4.36. The van der Waals surface area contributed by atoms with Crippen LogP contribution in [0.2, 0.25) is 0 Å². The van der Waals surface area contributed by atoms with E-state index < -0.39 is 6.61 Å². The molecular formula is C23H16F2N2O2. The molecule has 29 heavy (non-hydrogen) atoms. The smallest absolute Gasteiger partial charge is 0.387 e. The van der Waals surface area contributed by atoms with E-state index in [4.69, 9.17) is 0 Å². The molecule has 4 nitrogen and oxygen atoms in total. The lowest BCUT2D eigenvalue weighted by atomic mass is 10.1. The molecule has 0 fully saturated rings. The second-order valence-electron chi connectivity index (χ2n) is 6.21. The van der Waals surface area contributed by atoms with Gasteiger partial charge < -0.3 is 4.74 Å². The summed E-state index contributed by atoms with van der Waals surface area (Å²) < 4.78 is 31.4. The van der Waals surface area contributed by atoms with Gasteiger partial charge in [-0.3, -0.25) is 9.36 Å². The number of benzene rings is 3. The summed E-state index contributed by atoms with van der Waals surface area (Å²) in [6, 6.07) is 22.7. The summed E-state index contributed by atoms with van der Waals surface area (Å²) in [6.45, 7) is -2.93. The summed E-state index contributed by atoms with van der Waals surface area (Å²) in [6.07, 6.45) is 3.22. The molecule has 0 N–H and O–H groups in total. The second kappa shape index (κ2) is 8.06. The molecule has 1 heterocycles. The maximum absolute atomic E-state index is 13.1. The van der Waals surface area contributed by atoms with Crippen molar-refractivity contribution in [3.05, 3.63) is 101 Å². The Morgan fingerprint density at radius 3 is 2.34 bits per heavy atom. The number of aromatic nitrogens is 2. The first-order valence-corrected chi connectivity index (χ1v) is 8.92. The van der Waals surface area contributed by atoms with Crippen LogP contribution in [0.15, 0.2) is 83.7 Å². The summed E-state index contributed by atoms with van der Waals surface area (Å²) >= 11 is 0. The van der Waals surface area contributed by atoms with Gasteiger partial charge in [0.15, 0.2) is 0 Å². The van der Waals surface area contributed by atoms with E-state index in [2.05, 4.69) is 9.72 Å². The lowest BCUT2D eigenvalue weighted by Gasteiger charge is -2.12. The highest BCUT2D eigenvalue weighted by Crippen LogP contribution is 2.23. The Bertz CT molecular complexity index is 1230. The van der Waals surface area contributed by atoms with Crippen LogP contribution in [-0.4, -0.2) is 16.2 Å². The van der Waals surface area contributed by atoms with E-state index in [1.54, 1.807) is 54.6 Å². The molecule has 6 heteroatoms. The van der Waals surface area contributed by atoms with Crippen molar-refractivity contribution in [1.82, 2.24) is 9.55 Å². The van der Waals surface area contributed by atoms with Gasteiger partial charge in [-0.15, -0.1) is 0 Å². The highest BCUT2D eigenvalue weighted by atomic mass is 19.3. The molecule has 1 aromatic heterocycles. The van der Waals surface area contributed by atoms with Crippen molar-refractivity contribution in [1.29, 1.82) is 0 Å². The molecule has 0 aliphatic carbocycles. The third-order valence-corrected chi connectivity index (χ3v) is 4.36. The maximum Gasteiger partial charge on any atom is 0.387 e. The van der Waals surface area contributed by atoms with E-state index in [0.717, 1.165) is 0 Å². The molecule has 0 atom stereocenters. The molecule has 0 saturated carbocycles. The third kappa shape index (κ3) is 3.91. The van der Waals surface area contributed by atoms with E-state index in [1.807, 2.05) is 30.3 Å². The fraction of sp³-hybridized carbons (Fsp3) is 0.0435. The zero-order chi connectivity index (χ0) is 20.2. The van der Waals surface area contributed by atoms with Crippen molar-refractivity contribution < 1.29 is 13.5 Å². The van der Waals surface area contributed by atoms with E-state index in [0.29, 0.717) is 28.0 Å². The van der Waals surface area contributed by atoms with Gasteiger partial charge in [0.1, 0.15) is 11.6 Å². The van der Waals surface area contributed by atoms with Gasteiger partial charge in [0.25, 0.3) is 5.56 Å². The molecule has 3 aromatic carbocycles. The quantitative estimate of drug-likeness (QED) is 0.473. The Morgan fingerprint density at radius 1 is 0.862 bits per heavy atom. The molecule has 0 bridgehead atoms. The van der Waals surface area contributed by atoms with Crippen LogP contribution >= 0.6 is 0 Å². The van der Waals surface area contributed by atoms with Gasteiger partial charge in [-0.2, -0.15) is 8.78 Å². The number of fused-ring (bicyclic) bond motifs is 1. The van der Waals surface area contributed by atoms with Crippen molar-refractivity contribution in [2.45, 2.75) is 6.61 Å². The summed E-state index contributed by atoms with van der Waals surface area (Å²) in [5.74, 6) is 0.430. The monoisotopic (exact) mass is 390 g/mol. The topological polar surface area (TPSA) is 44.1 Å². The lowest BCUT2D eigenvalue weighted by Crippen LogP contribution is -2.22. The van der Waals surface area contributed by atoms with Crippen molar-refractivity contribution in [3.8, 4) is 11.4 Å². The summed E-state index contributed by atoms with van der Waals surface area (Å²) in [7, 11) is 0. The number of hydrogen-bond acceptors (Lipinski definition) is 3. The van der Waals surface area contributed by atoms with Gasteiger partial charge in [0, 0.05) is 5.56 Å². The van der Waals surface area contributed by atoms with E-state index >= 15 is 0 Å². The first kappa shape index (κ1) is 18.6. The minimum atomic E-state index is -2.93. The van der Waals surface area contributed by atoms with Crippen LogP contribution in [0.25, 0.3) is 28.7 Å². The van der Waals surface area contributed by atoms with Crippen LogP contribution in [0, 0.1) is 0 Å². The van der Waals surface area contributed by atoms with Crippen molar-refractivity contribution >= 4 is 23.1 Å². The maximum atomic E-state index is 13.1. The van der Waals surface area contributed by atoms with Crippen molar-refractivity contribution in [2.75, 3.05) is 0 Å². The molecule has 0 aliphatic rings. The van der Waals surface area contributed by atoms with E-state index in [9.17, 15) is 13.6 Å². The number of nitrogens with zero attached hydrogens (tertiary/aromatic N) is 2. The first-order chi connectivity index (χ1) is 14.1. The average molecular weight is 390 g/mol. The molecule has 4 rings (SSSR count). The van der Waals surface area contributed by atoms with Gasteiger partial charge in [-0.1, -0.05) is 48.5 Å². The Labute approximate surface area is 165 Å². The Morgan fingerprint density at radius 2 is 1.55 bits per heavy atom. The Kier molecular flexibility index (Phi) is 5.16. The number of ether oxygens (including phenoxy) is 1. The minimum absolute atomic E-state index is 0.0492. The van der Waals surface area contributed by atoms with Crippen LogP contribution in [0.1, 0.15) is 11.4 Å². The number of halogens is 2. The van der Waals surface area contributed by atoms with E-state index in [1.165, 1.54) is 10.6 Å². The van der Waals surface area contributed by atoms with Gasteiger partial charge in [0.2, 0.25) is 0 Å². The van der Waals surface area contributed by atoms with Crippen LogP contribution < -0.4 is 10.3 Å². The molecule has 0 unspecified atom stereocenters. The lowest BCUT2D eigenvalue weighted by molar-refractivity contribution is -0.0499. The van der Waals surface area contributed by atoms with Crippen molar-refractivity contribution in [2.24, 2.45) is 0 Å². The zero-order valence-electron chi connectivity index (χ0n) is 15.2. The molecular weight excluding hydrogens is 374 g/mol. The minimum Gasteiger partial charge on any atom is -0.434 e. The standard InChI is InChI=1S/C23H16F2N2O2/c24-23(25)29-20-13-7-4-8-16(20)14-15-21-26-19-12-6-5-11-18(19)22(28)27(21)17-9-2-1-3-10-17/h1-15,23H/b15-14+. The van der Waals surface area contributed by atoms with Gasteiger partial charge in [-0.05, 0) is 42.5 Å². The average Bonchev–Trinajstić information content (AvgIpc) is 2.73. The Hall–Kier alpha value is -3.80. The van der Waals surface area contributed by atoms with Crippen LogP contribution in [0.3, 0.4) is 0 Å². The largest absolute Gasteiger partial charge is 0.434 e. The van der Waals surface area contributed by atoms with Crippen LogP contribution in [-0.2, 0) is 0 Å². The number of rotatable bonds is 5. The van der Waals surface area contributed by atoms with Crippen LogP contribution in [0.4, 0.5) is 8.78 Å².